The van der Waals surface area contributed by atoms with Gasteiger partial charge in [0.25, 0.3) is 5.91 Å². The highest BCUT2D eigenvalue weighted by molar-refractivity contribution is 7.14. The van der Waals surface area contributed by atoms with Gasteiger partial charge < -0.3 is 10.2 Å². The van der Waals surface area contributed by atoms with E-state index in [-0.39, 0.29) is 30.2 Å². The Bertz CT molecular complexity index is 1160. The summed E-state index contributed by atoms with van der Waals surface area (Å²) in [6.07, 6.45) is 1.57. The number of hydrogen-bond acceptors (Lipinski definition) is 5. The van der Waals surface area contributed by atoms with Crippen LogP contribution < -0.4 is 10.2 Å². The number of benzene rings is 2. The number of aromatic nitrogens is 1. The van der Waals surface area contributed by atoms with Gasteiger partial charge in [0, 0.05) is 36.6 Å². The van der Waals surface area contributed by atoms with Crippen molar-refractivity contribution in [3.05, 3.63) is 76.8 Å². The Kier molecular flexibility index (Phi) is 6.84. The molecule has 1 N–H and O–H groups in total. The number of rotatable bonds is 7. The summed E-state index contributed by atoms with van der Waals surface area (Å²) in [7, 11) is 1.76. The van der Waals surface area contributed by atoms with Crippen LogP contribution in [0.5, 0.6) is 0 Å². The van der Waals surface area contributed by atoms with E-state index in [9.17, 15) is 14.4 Å². The third-order valence-electron chi connectivity index (χ3n) is 5.81. The Hall–Kier alpha value is -3.52. The van der Waals surface area contributed by atoms with E-state index in [1.807, 2.05) is 54.8 Å². The standard InChI is InChI=1S/C25H26N4O3S/c1-17(19-10-6-11-20(14-19)26-24(32)18-8-4-3-5-9-18)28(2)23(31)15-21-16-33-25(27-21)29-13-7-12-22(29)30/h3-6,8-11,14,16-17H,7,12-13,15H2,1-2H3,(H,26,32)/t17-/m0/s1. The first kappa shape index (κ1) is 22.7. The Balaban J connectivity index is 1.39. The van der Waals surface area contributed by atoms with Crippen LogP contribution in [0.2, 0.25) is 0 Å². The summed E-state index contributed by atoms with van der Waals surface area (Å²) in [4.78, 5) is 45.2. The van der Waals surface area contributed by atoms with Crippen molar-refractivity contribution in [1.82, 2.24) is 9.88 Å². The average Bonchev–Trinajstić information content (AvgIpc) is 3.47. The zero-order chi connectivity index (χ0) is 23.4. The van der Waals surface area contributed by atoms with Crippen LogP contribution >= 0.6 is 11.3 Å². The summed E-state index contributed by atoms with van der Waals surface area (Å²) >= 11 is 1.40. The second-order valence-electron chi connectivity index (χ2n) is 8.07. The summed E-state index contributed by atoms with van der Waals surface area (Å²) in [5, 5.41) is 5.42. The number of hydrogen-bond donors (Lipinski definition) is 1. The highest BCUT2D eigenvalue weighted by Crippen LogP contribution is 2.27. The lowest BCUT2D eigenvalue weighted by atomic mass is 10.1. The summed E-state index contributed by atoms with van der Waals surface area (Å²) in [5.41, 5.74) is 2.84. The number of anilines is 2. The number of carbonyl (C=O) groups is 3. The van der Waals surface area contributed by atoms with Crippen LogP contribution in [0.25, 0.3) is 0 Å². The van der Waals surface area contributed by atoms with Gasteiger partial charge in [-0.1, -0.05) is 30.3 Å². The topological polar surface area (TPSA) is 82.6 Å². The minimum Gasteiger partial charge on any atom is -0.339 e. The molecule has 0 bridgehead atoms. The number of carbonyl (C=O) groups excluding carboxylic acids is 3. The fraction of sp³-hybridized carbons (Fsp3) is 0.280. The van der Waals surface area contributed by atoms with E-state index < -0.39 is 0 Å². The van der Waals surface area contributed by atoms with Crippen LogP contribution in [0.3, 0.4) is 0 Å². The minimum atomic E-state index is -0.190. The van der Waals surface area contributed by atoms with E-state index in [0.717, 1.165) is 12.0 Å². The largest absolute Gasteiger partial charge is 0.339 e. The zero-order valence-electron chi connectivity index (χ0n) is 18.7. The minimum absolute atomic E-state index is 0.0641. The first-order chi connectivity index (χ1) is 15.9. The van der Waals surface area contributed by atoms with Crippen molar-refractivity contribution in [2.24, 2.45) is 0 Å². The fourth-order valence-corrected chi connectivity index (χ4v) is 4.61. The second-order valence-corrected chi connectivity index (χ2v) is 8.91. The first-order valence-electron chi connectivity index (χ1n) is 10.9. The predicted octanol–water partition coefficient (Wildman–Crippen LogP) is 4.28. The van der Waals surface area contributed by atoms with Crippen molar-refractivity contribution in [2.45, 2.75) is 32.2 Å². The van der Waals surface area contributed by atoms with Gasteiger partial charge in [-0.2, -0.15) is 0 Å². The van der Waals surface area contributed by atoms with Gasteiger partial charge in [-0.3, -0.25) is 19.3 Å². The molecule has 0 radical (unpaired) electrons. The van der Waals surface area contributed by atoms with Gasteiger partial charge in [0.1, 0.15) is 0 Å². The average molecular weight is 463 g/mol. The van der Waals surface area contributed by atoms with Crippen LogP contribution in [0, 0.1) is 0 Å². The number of nitrogens with zero attached hydrogens (tertiary/aromatic N) is 3. The summed E-state index contributed by atoms with van der Waals surface area (Å²) in [6.45, 7) is 2.64. The van der Waals surface area contributed by atoms with Gasteiger partial charge in [-0.25, -0.2) is 4.98 Å². The number of thiazole rings is 1. The molecule has 1 aromatic heterocycles. The molecule has 0 unspecified atom stereocenters. The predicted molar refractivity (Wildman–Crippen MR) is 129 cm³/mol. The molecular weight excluding hydrogens is 436 g/mol. The maximum absolute atomic E-state index is 12.9. The third-order valence-corrected chi connectivity index (χ3v) is 6.73. The quantitative estimate of drug-likeness (QED) is 0.568. The number of amides is 3. The fourth-order valence-electron chi connectivity index (χ4n) is 3.74. The molecule has 1 fully saturated rings. The van der Waals surface area contributed by atoms with E-state index >= 15 is 0 Å². The van der Waals surface area contributed by atoms with Crippen LogP contribution in [-0.4, -0.2) is 41.2 Å². The molecule has 1 aliphatic rings. The molecular formula is C25H26N4O3S. The third kappa shape index (κ3) is 5.28. The molecule has 170 valence electrons. The van der Waals surface area contributed by atoms with Crippen molar-refractivity contribution >= 4 is 39.9 Å². The first-order valence-corrected chi connectivity index (χ1v) is 11.8. The molecule has 2 aromatic carbocycles. The second kappa shape index (κ2) is 9.95. The summed E-state index contributed by atoms with van der Waals surface area (Å²) < 4.78 is 0. The molecule has 0 aliphatic carbocycles. The van der Waals surface area contributed by atoms with Gasteiger partial charge in [0.05, 0.1) is 18.2 Å². The smallest absolute Gasteiger partial charge is 0.255 e. The molecule has 33 heavy (non-hydrogen) atoms. The van der Waals surface area contributed by atoms with Crippen LogP contribution in [0.4, 0.5) is 10.8 Å². The molecule has 1 aliphatic heterocycles. The van der Waals surface area contributed by atoms with Crippen molar-refractivity contribution in [3.8, 4) is 0 Å². The number of nitrogens with one attached hydrogen (secondary N) is 1. The Morgan fingerprint density at radius 1 is 1.18 bits per heavy atom. The highest BCUT2D eigenvalue weighted by atomic mass is 32.1. The van der Waals surface area contributed by atoms with Crippen LogP contribution in [-0.2, 0) is 16.0 Å². The van der Waals surface area contributed by atoms with Crippen molar-refractivity contribution in [3.63, 3.8) is 0 Å². The van der Waals surface area contributed by atoms with Gasteiger partial charge in [-0.15, -0.1) is 11.3 Å². The molecule has 0 spiro atoms. The maximum Gasteiger partial charge on any atom is 0.255 e. The molecule has 3 aromatic rings. The van der Waals surface area contributed by atoms with Gasteiger partial charge in [0.15, 0.2) is 5.13 Å². The lowest BCUT2D eigenvalue weighted by Gasteiger charge is -2.25. The van der Waals surface area contributed by atoms with Crippen LogP contribution in [0.1, 0.15) is 47.4 Å². The highest BCUT2D eigenvalue weighted by Gasteiger charge is 2.25. The molecule has 4 rings (SSSR count). The molecule has 1 atom stereocenters. The SMILES string of the molecule is C[C@@H](c1cccc(NC(=O)c2ccccc2)c1)N(C)C(=O)Cc1csc(N2CCCC2=O)n1. The number of likely N-dealkylation sites (N-methyl/N-ethyl adjacent to an activating group) is 1. The molecule has 3 amide bonds. The van der Waals surface area contributed by atoms with E-state index in [1.54, 1.807) is 29.0 Å². The van der Waals surface area contributed by atoms with E-state index in [2.05, 4.69) is 10.3 Å². The van der Waals surface area contributed by atoms with Crippen molar-refractivity contribution in [1.29, 1.82) is 0 Å². The normalized spacial score (nSPS) is 14.2. The Labute approximate surface area is 197 Å². The Morgan fingerprint density at radius 3 is 2.70 bits per heavy atom. The Morgan fingerprint density at radius 2 is 1.97 bits per heavy atom. The van der Waals surface area contributed by atoms with E-state index in [1.165, 1.54) is 11.3 Å². The van der Waals surface area contributed by atoms with Gasteiger partial charge in [-0.05, 0) is 43.2 Å². The van der Waals surface area contributed by atoms with Crippen molar-refractivity contribution < 1.29 is 14.4 Å². The molecule has 8 heteroatoms. The van der Waals surface area contributed by atoms with Gasteiger partial charge in [0.2, 0.25) is 11.8 Å². The van der Waals surface area contributed by atoms with E-state index in [0.29, 0.717) is 35.0 Å². The monoisotopic (exact) mass is 462 g/mol. The zero-order valence-corrected chi connectivity index (χ0v) is 19.5. The lowest BCUT2D eigenvalue weighted by molar-refractivity contribution is -0.131. The van der Waals surface area contributed by atoms with Crippen molar-refractivity contribution in [2.75, 3.05) is 23.8 Å². The summed E-state index contributed by atoms with van der Waals surface area (Å²) in [6, 6.07) is 16.4. The maximum atomic E-state index is 12.9. The van der Waals surface area contributed by atoms with E-state index in [4.69, 9.17) is 0 Å². The lowest BCUT2D eigenvalue weighted by Crippen LogP contribution is -2.31. The summed E-state index contributed by atoms with van der Waals surface area (Å²) in [5.74, 6) is -0.154. The molecule has 0 saturated carbocycles. The molecule has 2 heterocycles. The molecule has 7 nitrogen and oxygen atoms in total. The van der Waals surface area contributed by atoms with Gasteiger partial charge >= 0.3 is 0 Å². The van der Waals surface area contributed by atoms with Crippen LogP contribution in [0.15, 0.2) is 60.0 Å². The molecule has 1 saturated heterocycles.